The molecule has 2 heterocycles. The number of carbonyl (C=O) groups is 2. The van der Waals surface area contributed by atoms with Crippen molar-refractivity contribution in [2.75, 3.05) is 45.6 Å². The van der Waals surface area contributed by atoms with Gasteiger partial charge in [0.25, 0.3) is 5.91 Å². The van der Waals surface area contributed by atoms with Crippen LogP contribution < -0.4 is 5.32 Å². The van der Waals surface area contributed by atoms with Gasteiger partial charge in [-0.3, -0.25) is 9.59 Å². The molecule has 11 heteroatoms. The largest absolute Gasteiger partial charge is 0.380 e. The molecule has 8 nitrogen and oxygen atoms in total. The number of amides is 2. The fraction of sp³-hybridized carbons (Fsp3) is 0.533. The normalized spacial score (nSPS) is 23.0. The lowest BCUT2D eigenvalue weighted by molar-refractivity contribution is -0.135. The summed E-state index contributed by atoms with van der Waals surface area (Å²) in [4.78, 5) is 28.1. The van der Waals surface area contributed by atoms with Crippen LogP contribution in [-0.2, 0) is 19.6 Å². The quantitative estimate of drug-likeness (QED) is 0.433. The molecule has 0 spiro atoms. The Hall–Kier alpha value is -2.89. The highest BCUT2D eigenvalue weighted by Crippen LogP contribution is 2.55. The molecule has 2 amide bonds. The highest BCUT2D eigenvalue weighted by molar-refractivity contribution is 7.88. The lowest BCUT2D eigenvalue weighted by Gasteiger charge is -2.42. The van der Waals surface area contributed by atoms with E-state index in [1.165, 1.54) is 40.7 Å². The second-order valence-corrected chi connectivity index (χ2v) is 13.7. The number of ether oxygens (including phenoxy) is 1. The monoisotopic (exact) mass is 589 g/mol. The van der Waals surface area contributed by atoms with Gasteiger partial charge in [-0.15, -0.1) is 0 Å². The molecule has 0 aromatic heterocycles. The zero-order valence-electron chi connectivity index (χ0n) is 23.2. The first-order chi connectivity index (χ1) is 19.5. The van der Waals surface area contributed by atoms with Crippen molar-refractivity contribution >= 4 is 21.8 Å². The number of rotatable bonds is 11. The molecule has 3 atom stereocenters. The summed E-state index contributed by atoms with van der Waals surface area (Å²) in [5.74, 6) is -0.439. The number of sulfonamides is 1. The predicted molar refractivity (Wildman–Crippen MR) is 150 cm³/mol. The standard InChI is InChI=1S/C30H37F2N3O5S/c1-41(38,39)35-15-13-34(14-16-35)29(37)27(33-28(36)22-6-10-25(32)11-7-22)3-2-12-30(19-40-20-30)18-23-17-26(23)21-4-8-24(31)9-5-21/h4-11,23,26-27H,2-3,12-20H2,1H3,(H,33,36)/t23-,26-,27+/m1/s1. The van der Waals surface area contributed by atoms with E-state index in [1.807, 2.05) is 12.1 Å². The number of nitrogens with one attached hydrogen (secondary N) is 1. The van der Waals surface area contributed by atoms with E-state index < -0.39 is 27.8 Å². The molecule has 5 rings (SSSR count). The van der Waals surface area contributed by atoms with E-state index in [1.54, 1.807) is 4.90 Å². The van der Waals surface area contributed by atoms with Crippen molar-refractivity contribution in [3.05, 3.63) is 71.3 Å². The van der Waals surface area contributed by atoms with Crippen molar-refractivity contribution in [3.63, 3.8) is 0 Å². The minimum atomic E-state index is -3.34. The Morgan fingerprint density at radius 3 is 2.17 bits per heavy atom. The van der Waals surface area contributed by atoms with Gasteiger partial charge in [-0.25, -0.2) is 17.2 Å². The van der Waals surface area contributed by atoms with Gasteiger partial charge in [-0.2, -0.15) is 4.31 Å². The minimum absolute atomic E-state index is 0.0229. The van der Waals surface area contributed by atoms with Crippen molar-refractivity contribution in [2.24, 2.45) is 11.3 Å². The van der Waals surface area contributed by atoms with Crippen LogP contribution in [0.1, 0.15) is 53.9 Å². The smallest absolute Gasteiger partial charge is 0.251 e. The van der Waals surface area contributed by atoms with E-state index in [4.69, 9.17) is 4.74 Å². The van der Waals surface area contributed by atoms with E-state index in [2.05, 4.69) is 5.32 Å². The van der Waals surface area contributed by atoms with Crippen molar-refractivity contribution in [1.82, 2.24) is 14.5 Å². The van der Waals surface area contributed by atoms with Gasteiger partial charge in [0.1, 0.15) is 17.7 Å². The van der Waals surface area contributed by atoms with Gasteiger partial charge in [0.2, 0.25) is 15.9 Å². The van der Waals surface area contributed by atoms with E-state index >= 15 is 0 Å². The fourth-order valence-electron chi connectivity index (χ4n) is 6.14. The highest BCUT2D eigenvalue weighted by atomic mass is 32.2. The second kappa shape index (κ2) is 12.1. The molecule has 2 aliphatic heterocycles. The third kappa shape index (κ3) is 7.31. The number of piperazine rings is 1. The Morgan fingerprint density at radius 2 is 1.61 bits per heavy atom. The van der Waals surface area contributed by atoms with Crippen molar-refractivity contribution in [2.45, 2.75) is 44.1 Å². The van der Waals surface area contributed by atoms with E-state index in [0.29, 0.717) is 37.9 Å². The second-order valence-electron chi connectivity index (χ2n) is 11.8. The summed E-state index contributed by atoms with van der Waals surface area (Å²) in [6.45, 7) is 2.24. The van der Waals surface area contributed by atoms with Crippen molar-refractivity contribution in [3.8, 4) is 0 Å². The van der Waals surface area contributed by atoms with Crippen LogP contribution in [0.4, 0.5) is 8.78 Å². The molecular formula is C30H37F2N3O5S. The van der Waals surface area contributed by atoms with Crippen LogP contribution in [0.5, 0.6) is 0 Å². The summed E-state index contributed by atoms with van der Waals surface area (Å²) in [5, 5.41) is 2.85. The molecule has 222 valence electrons. The Kier molecular flexibility index (Phi) is 8.77. The summed E-state index contributed by atoms with van der Waals surface area (Å²) in [6.07, 6.45) is 5.19. The third-order valence-electron chi connectivity index (χ3n) is 8.66. The number of hydrogen-bond donors (Lipinski definition) is 1. The van der Waals surface area contributed by atoms with Gasteiger partial charge in [-0.1, -0.05) is 18.6 Å². The summed E-state index contributed by atoms with van der Waals surface area (Å²) in [7, 11) is -3.34. The van der Waals surface area contributed by atoms with Gasteiger partial charge < -0.3 is 15.0 Å². The molecule has 2 aromatic carbocycles. The first kappa shape index (κ1) is 29.6. The van der Waals surface area contributed by atoms with Gasteiger partial charge in [0.05, 0.1) is 19.5 Å². The third-order valence-corrected chi connectivity index (χ3v) is 9.96. The van der Waals surface area contributed by atoms with Gasteiger partial charge >= 0.3 is 0 Å². The average molecular weight is 590 g/mol. The minimum Gasteiger partial charge on any atom is -0.380 e. The summed E-state index contributed by atoms with van der Waals surface area (Å²) in [5.41, 5.74) is 1.45. The Bertz CT molecular complexity index is 1340. The van der Waals surface area contributed by atoms with Gasteiger partial charge in [0.15, 0.2) is 0 Å². The molecule has 3 aliphatic rings. The lowest BCUT2D eigenvalue weighted by Crippen LogP contribution is -2.55. The van der Waals surface area contributed by atoms with E-state index in [9.17, 15) is 26.8 Å². The highest BCUT2D eigenvalue weighted by Gasteiger charge is 2.47. The van der Waals surface area contributed by atoms with Gasteiger partial charge in [-0.05, 0) is 79.5 Å². The molecule has 1 N–H and O–H groups in total. The first-order valence-corrected chi connectivity index (χ1v) is 16.0. The van der Waals surface area contributed by atoms with Gasteiger partial charge in [0, 0.05) is 37.2 Å². The zero-order chi connectivity index (χ0) is 29.2. The molecule has 1 aliphatic carbocycles. The van der Waals surface area contributed by atoms with Crippen LogP contribution in [0.25, 0.3) is 0 Å². The van der Waals surface area contributed by atoms with E-state index in [-0.39, 0.29) is 48.9 Å². The maximum absolute atomic E-state index is 13.6. The number of nitrogens with zero attached hydrogens (tertiary/aromatic N) is 2. The zero-order valence-corrected chi connectivity index (χ0v) is 24.0. The average Bonchev–Trinajstić information content (AvgIpc) is 3.69. The maximum atomic E-state index is 13.6. The van der Waals surface area contributed by atoms with Crippen LogP contribution in [0, 0.1) is 23.0 Å². The number of benzene rings is 2. The molecular weight excluding hydrogens is 552 g/mol. The summed E-state index contributed by atoms with van der Waals surface area (Å²) >= 11 is 0. The lowest BCUT2D eigenvalue weighted by atomic mass is 9.75. The molecule has 1 saturated carbocycles. The fourth-order valence-corrected chi connectivity index (χ4v) is 6.97. The van der Waals surface area contributed by atoms with Crippen LogP contribution in [0.3, 0.4) is 0 Å². The maximum Gasteiger partial charge on any atom is 0.251 e. The molecule has 0 unspecified atom stereocenters. The van der Waals surface area contributed by atoms with E-state index in [0.717, 1.165) is 31.1 Å². The molecule has 2 saturated heterocycles. The molecule has 0 bridgehead atoms. The first-order valence-electron chi connectivity index (χ1n) is 14.2. The Labute approximate surface area is 240 Å². The molecule has 2 aromatic rings. The number of carbonyl (C=O) groups excluding carboxylic acids is 2. The summed E-state index contributed by atoms with van der Waals surface area (Å²) in [6, 6.07) is 11.1. The van der Waals surface area contributed by atoms with Crippen LogP contribution in [0.2, 0.25) is 0 Å². The SMILES string of the molecule is CS(=O)(=O)N1CCN(C(=O)[C@H](CCCC2(C[C@H]3C[C@@H]3c3ccc(F)cc3)COC2)NC(=O)c2ccc(F)cc2)CC1. The topological polar surface area (TPSA) is 96.0 Å². The predicted octanol–water partition coefficient (Wildman–Crippen LogP) is 3.55. The van der Waals surface area contributed by atoms with Crippen LogP contribution in [-0.4, -0.2) is 81.1 Å². The summed E-state index contributed by atoms with van der Waals surface area (Å²) < 4.78 is 57.5. The molecule has 41 heavy (non-hydrogen) atoms. The van der Waals surface area contributed by atoms with Crippen molar-refractivity contribution < 1.29 is 31.5 Å². The number of hydrogen-bond acceptors (Lipinski definition) is 5. The van der Waals surface area contributed by atoms with Crippen LogP contribution in [0.15, 0.2) is 48.5 Å². The molecule has 0 radical (unpaired) electrons. The van der Waals surface area contributed by atoms with Crippen molar-refractivity contribution in [1.29, 1.82) is 0 Å². The van der Waals surface area contributed by atoms with Crippen LogP contribution >= 0.6 is 0 Å². The Morgan fingerprint density at radius 1 is 1.00 bits per heavy atom. The Balaban J connectivity index is 1.20. The number of halogens is 2. The molecule has 3 fully saturated rings.